The number of benzene rings is 1. The molecule has 0 spiro atoms. The standard InChI is InChI=1S/C20H29N3O.C3H8.5C2H6/c1-7-24-19-17(20(2,3)4)9-8-10-18(19)22-21-15-11-13-16(14-12-15)23(5)6;1-3-2;5*1-2/h9,11-14H,7-8,10H2,1-6H3;3H2,1-2H3;5*1-2H3. The Morgan fingerprint density at radius 3 is 1.54 bits per heavy atom. The van der Waals surface area contributed by atoms with Crippen LogP contribution in [-0.4, -0.2) is 20.7 Å². The fourth-order valence-electron chi connectivity index (χ4n) is 2.70. The topological polar surface area (TPSA) is 37.2 Å². The average molecular weight is 522 g/mol. The number of rotatable bonds is 5. The molecule has 0 aromatic heterocycles. The van der Waals surface area contributed by atoms with Gasteiger partial charge in [-0.1, -0.05) is 116 Å². The van der Waals surface area contributed by atoms with Crippen LogP contribution in [0.5, 0.6) is 0 Å². The van der Waals surface area contributed by atoms with Crippen LogP contribution in [0.15, 0.2) is 57.6 Å². The zero-order chi connectivity index (χ0) is 30.4. The van der Waals surface area contributed by atoms with Crippen LogP contribution in [0.3, 0.4) is 0 Å². The van der Waals surface area contributed by atoms with E-state index in [1.165, 1.54) is 12.0 Å². The lowest BCUT2D eigenvalue weighted by atomic mass is 9.81. The number of hydrogen-bond acceptors (Lipinski definition) is 4. The second-order valence-corrected chi connectivity index (χ2v) is 7.93. The molecule has 0 aliphatic heterocycles. The van der Waals surface area contributed by atoms with Gasteiger partial charge in [-0.3, -0.25) is 0 Å². The Hall–Kier alpha value is -2.10. The molecule has 0 amide bonds. The van der Waals surface area contributed by atoms with E-state index in [9.17, 15) is 0 Å². The molecule has 0 fully saturated rings. The molecule has 0 atom stereocenters. The van der Waals surface area contributed by atoms with Crippen LogP contribution < -0.4 is 4.90 Å². The van der Waals surface area contributed by atoms with Crippen molar-refractivity contribution in [2.45, 2.75) is 130 Å². The van der Waals surface area contributed by atoms with E-state index in [1.807, 2.05) is 115 Å². The predicted octanol–water partition coefficient (Wildman–Crippen LogP) is 12.4. The monoisotopic (exact) mass is 522 g/mol. The molecule has 220 valence electrons. The summed E-state index contributed by atoms with van der Waals surface area (Å²) < 4.78 is 5.92. The minimum Gasteiger partial charge on any atom is -0.492 e. The van der Waals surface area contributed by atoms with E-state index in [-0.39, 0.29) is 5.41 Å². The van der Waals surface area contributed by atoms with Crippen molar-refractivity contribution in [1.82, 2.24) is 0 Å². The zero-order valence-electron chi connectivity index (χ0n) is 28.5. The van der Waals surface area contributed by atoms with Crippen molar-refractivity contribution in [3.8, 4) is 0 Å². The van der Waals surface area contributed by atoms with Gasteiger partial charge in [0.05, 0.1) is 12.3 Å². The SMILES string of the molecule is CC.CC.CC.CC.CC.CCC.CCOC1=C(N=Nc2ccc(N(C)C)cc2)CCC=C1C(C)(C)C. The van der Waals surface area contributed by atoms with E-state index in [1.54, 1.807) is 0 Å². The molecule has 37 heavy (non-hydrogen) atoms. The molecule has 0 heterocycles. The molecule has 0 N–H and O–H groups in total. The lowest BCUT2D eigenvalue weighted by molar-refractivity contribution is 0.218. The summed E-state index contributed by atoms with van der Waals surface area (Å²) in [4.78, 5) is 2.07. The Morgan fingerprint density at radius 1 is 0.757 bits per heavy atom. The van der Waals surface area contributed by atoms with Crippen molar-refractivity contribution < 1.29 is 4.74 Å². The van der Waals surface area contributed by atoms with E-state index < -0.39 is 0 Å². The van der Waals surface area contributed by atoms with E-state index in [4.69, 9.17) is 4.74 Å². The van der Waals surface area contributed by atoms with Crippen LogP contribution in [0.25, 0.3) is 0 Å². The summed E-state index contributed by atoms with van der Waals surface area (Å²) in [6.07, 6.45) is 5.38. The summed E-state index contributed by atoms with van der Waals surface area (Å²) in [5.41, 5.74) is 4.22. The van der Waals surface area contributed by atoms with Crippen LogP contribution >= 0.6 is 0 Å². The van der Waals surface area contributed by atoms with E-state index in [0.717, 1.165) is 35.7 Å². The predicted molar refractivity (Wildman–Crippen MR) is 173 cm³/mol. The van der Waals surface area contributed by atoms with Gasteiger partial charge < -0.3 is 9.64 Å². The van der Waals surface area contributed by atoms with E-state index in [2.05, 4.69) is 55.8 Å². The maximum atomic E-state index is 5.92. The Morgan fingerprint density at radius 2 is 1.19 bits per heavy atom. The quantitative estimate of drug-likeness (QED) is 0.361. The highest BCUT2D eigenvalue weighted by atomic mass is 16.5. The molecule has 4 nitrogen and oxygen atoms in total. The zero-order valence-corrected chi connectivity index (χ0v) is 28.5. The van der Waals surface area contributed by atoms with Crippen LogP contribution in [0.2, 0.25) is 0 Å². The van der Waals surface area contributed by atoms with Gasteiger partial charge in [0.25, 0.3) is 0 Å². The number of hydrogen-bond donors (Lipinski definition) is 0. The van der Waals surface area contributed by atoms with Gasteiger partial charge in [-0.05, 0) is 55.0 Å². The average Bonchev–Trinajstić information content (AvgIpc) is 2.94. The number of anilines is 1. The van der Waals surface area contributed by atoms with Crippen molar-refractivity contribution in [1.29, 1.82) is 0 Å². The molecule has 0 radical (unpaired) electrons. The third-order valence-electron chi connectivity index (χ3n) is 3.99. The van der Waals surface area contributed by atoms with Gasteiger partial charge in [-0.15, -0.1) is 0 Å². The van der Waals surface area contributed by atoms with E-state index in [0.29, 0.717) is 6.61 Å². The Bertz CT molecular complexity index is 664. The summed E-state index contributed by atoms with van der Waals surface area (Å²) in [5.74, 6) is 0.907. The first-order valence-electron chi connectivity index (χ1n) is 15.0. The molecule has 2 rings (SSSR count). The van der Waals surface area contributed by atoms with Crippen molar-refractivity contribution in [3.05, 3.63) is 47.4 Å². The lowest BCUT2D eigenvalue weighted by Crippen LogP contribution is -2.17. The molecule has 1 aromatic rings. The van der Waals surface area contributed by atoms with Gasteiger partial charge >= 0.3 is 0 Å². The van der Waals surface area contributed by atoms with Gasteiger partial charge in [0, 0.05) is 19.8 Å². The summed E-state index contributed by atoms with van der Waals surface area (Å²) >= 11 is 0. The maximum Gasteiger partial charge on any atom is 0.146 e. The van der Waals surface area contributed by atoms with Crippen LogP contribution in [0, 0.1) is 5.41 Å². The molecule has 0 unspecified atom stereocenters. The van der Waals surface area contributed by atoms with Gasteiger partial charge in [0.2, 0.25) is 0 Å². The first-order valence-corrected chi connectivity index (χ1v) is 15.0. The highest BCUT2D eigenvalue weighted by Gasteiger charge is 2.27. The van der Waals surface area contributed by atoms with Gasteiger partial charge in [0.15, 0.2) is 0 Å². The van der Waals surface area contributed by atoms with Crippen LogP contribution in [-0.2, 0) is 4.74 Å². The molecule has 1 aromatic carbocycles. The van der Waals surface area contributed by atoms with Gasteiger partial charge in [0.1, 0.15) is 11.5 Å². The third-order valence-corrected chi connectivity index (χ3v) is 3.99. The normalized spacial score (nSPS) is 11.5. The molecule has 0 saturated carbocycles. The van der Waals surface area contributed by atoms with Crippen molar-refractivity contribution in [2.75, 3.05) is 25.6 Å². The molecule has 0 bridgehead atoms. The summed E-state index contributed by atoms with van der Waals surface area (Å²) in [6.45, 7) is 33.5. The van der Waals surface area contributed by atoms with Gasteiger partial charge in [-0.2, -0.15) is 10.2 Å². The minimum atomic E-state index is 0.0407. The van der Waals surface area contributed by atoms with Crippen molar-refractivity contribution in [2.24, 2.45) is 15.6 Å². The smallest absolute Gasteiger partial charge is 0.146 e. The fourth-order valence-corrected chi connectivity index (χ4v) is 2.70. The fraction of sp³-hybridized carbons (Fsp3) is 0.697. The number of ether oxygens (including phenoxy) is 1. The molecule has 1 aliphatic rings. The minimum absolute atomic E-state index is 0.0407. The molecular formula is C33H67N3O. The Balaban J connectivity index is -0.000000227. The first-order chi connectivity index (χ1) is 17.7. The molecule has 0 saturated heterocycles. The van der Waals surface area contributed by atoms with Crippen LogP contribution in [0.1, 0.15) is 130 Å². The number of nitrogens with zero attached hydrogens (tertiary/aromatic N) is 3. The van der Waals surface area contributed by atoms with Crippen molar-refractivity contribution >= 4 is 11.4 Å². The summed E-state index contributed by atoms with van der Waals surface area (Å²) in [6, 6.07) is 8.08. The van der Waals surface area contributed by atoms with Crippen molar-refractivity contribution in [3.63, 3.8) is 0 Å². The second-order valence-electron chi connectivity index (χ2n) is 7.93. The maximum absolute atomic E-state index is 5.92. The highest BCUT2D eigenvalue weighted by Crippen LogP contribution is 2.38. The molecule has 4 heteroatoms. The molecule has 1 aliphatic carbocycles. The highest BCUT2D eigenvalue weighted by molar-refractivity contribution is 5.51. The number of azo groups is 1. The number of allylic oxidation sites excluding steroid dienone is 3. The summed E-state index contributed by atoms with van der Waals surface area (Å²) in [5, 5.41) is 8.94. The second kappa shape index (κ2) is 31.9. The lowest BCUT2D eigenvalue weighted by Gasteiger charge is -2.28. The third kappa shape index (κ3) is 21.7. The van der Waals surface area contributed by atoms with Crippen LogP contribution in [0.4, 0.5) is 11.4 Å². The summed E-state index contributed by atoms with van der Waals surface area (Å²) in [7, 11) is 4.05. The molecular weight excluding hydrogens is 454 g/mol. The van der Waals surface area contributed by atoms with E-state index >= 15 is 0 Å². The Kier molecular flexibility index (Phi) is 38.7. The Labute approximate surface area is 234 Å². The first kappa shape index (κ1) is 44.9. The largest absolute Gasteiger partial charge is 0.492 e. The van der Waals surface area contributed by atoms with Gasteiger partial charge in [-0.25, -0.2) is 0 Å².